The van der Waals surface area contributed by atoms with Crippen molar-refractivity contribution in [3.63, 3.8) is 0 Å². The monoisotopic (exact) mass is 506 g/mol. The van der Waals surface area contributed by atoms with Crippen molar-refractivity contribution in [3.8, 4) is 11.1 Å². The summed E-state index contributed by atoms with van der Waals surface area (Å²) in [5, 5.41) is 4.40. The van der Waals surface area contributed by atoms with Crippen molar-refractivity contribution in [1.29, 1.82) is 0 Å². The van der Waals surface area contributed by atoms with Gasteiger partial charge in [0.1, 0.15) is 5.82 Å². The smallest absolute Gasteiger partial charge is 0.250 e. The van der Waals surface area contributed by atoms with Gasteiger partial charge in [-0.3, -0.25) is 19.0 Å². The van der Waals surface area contributed by atoms with Crippen molar-refractivity contribution >= 4 is 34.3 Å². The summed E-state index contributed by atoms with van der Waals surface area (Å²) >= 11 is 0. The molecule has 0 radical (unpaired) electrons. The van der Waals surface area contributed by atoms with Crippen molar-refractivity contribution < 1.29 is 18.8 Å². The van der Waals surface area contributed by atoms with Crippen molar-refractivity contribution in [1.82, 2.24) is 4.57 Å². The van der Waals surface area contributed by atoms with E-state index in [0.29, 0.717) is 30.0 Å². The Morgan fingerprint density at radius 2 is 1.70 bits per heavy atom. The van der Waals surface area contributed by atoms with E-state index in [-0.39, 0.29) is 23.0 Å². The zero-order chi connectivity index (χ0) is 26.9. The third-order valence-corrected chi connectivity index (χ3v) is 7.09. The molecule has 0 bridgehead atoms. The molecule has 3 aromatic rings. The van der Waals surface area contributed by atoms with Crippen LogP contribution in [0.5, 0.6) is 0 Å². The lowest BCUT2D eigenvalue weighted by molar-refractivity contribution is -0.115. The van der Waals surface area contributed by atoms with Gasteiger partial charge in [-0.25, -0.2) is 4.39 Å². The first kappa shape index (κ1) is 26.4. The fourth-order valence-corrected chi connectivity index (χ4v) is 5.59. The zero-order valence-electron chi connectivity index (χ0n) is 21.7. The molecule has 0 unspecified atom stereocenters. The van der Waals surface area contributed by atoms with Gasteiger partial charge in [0.15, 0.2) is 0 Å². The molecule has 1 aromatic heterocycles. The van der Waals surface area contributed by atoms with Crippen molar-refractivity contribution in [2.75, 3.05) is 5.32 Å². The van der Waals surface area contributed by atoms with Gasteiger partial charge < -0.3 is 16.8 Å². The SMILES string of the molecule is CC(N)=O.CC1(C)CC(=O)n2c(c(-c3ccc(C(N)=O)c(NC4CCCCC4)c3)c3ccc(F)cc32)C1. The van der Waals surface area contributed by atoms with E-state index < -0.39 is 5.91 Å². The average Bonchev–Trinajstić information content (AvgIpc) is 3.11. The standard InChI is InChI=1S/C27H30FN3O2.C2H5NO/c1-27(2)14-23-25(20-11-9-17(28)13-22(20)31(23)24(32)15-27)16-8-10-19(26(29)33)21(12-16)30-18-6-4-3-5-7-18;1-2(3)4/h8-13,18,30H,3-7,14-15H2,1-2H3,(H2,29,33);1H3,(H2,3,4). The largest absolute Gasteiger partial charge is 0.382 e. The molecule has 2 aliphatic rings. The third-order valence-electron chi connectivity index (χ3n) is 7.09. The van der Waals surface area contributed by atoms with Gasteiger partial charge in [-0.1, -0.05) is 39.2 Å². The summed E-state index contributed by atoms with van der Waals surface area (Å²) in [5.41, 5.74) is 14.5. The van der Waals surface area contributed by atoms with Crippen LogP contribution < -0.4 is 16.8 Å². The quantitative estimate of drug-likeness (QED) is 0.439. The number of nitrogens with zero attached hydrogens (tertiary/aromatic N) is 1. The second-order valence-corrected chi connectivity index (χ2v) is 10.9. The highest BCUT2D eigenvalue weighted by Gasteiger charge is 2.35. The molecule has 1 saturated carbocycles. The zero-order valence-corrected chi connectivity index (χ0v) is 21.7. The van der Waals surface area contributed by atoms with Crippen molar-refractivity contribution in [2.45, 2.75) is 71.8 Å². The van der Waals surface area contributed by atoms with Crippen LogP contribution in [0.2, 0.25) is 0 Å². The second kappa shape index (κ2) is 10.4. The highest BCUT2D eigenvalue weighted by atomic mass is 19.1. The number of primary amides is 2. The average molecular weight is 507 g/mol. The summed E-state index contributed by atoms with van der Waals surface area (Å²) < 4.78 is 15.9. The molecule has 1 fully saturated rings. The Morgan fingerprint density at radius 1 is 1.03 bits per heavy atom. The Kier molecular flexibility index (Phi) is 7.39. The van der Waals surface area contributed by atoms with Gasteiger partial charge in [-0.15, -0.1) is 0 Å². The van der Waals surface area contributed by atoms with Crippen LogP contribution in [0.15, 0.2) is 36.4 Å². The van der Waals surface area contributed by atoms with Crippen LogP contribution in [-0.2, 0) is 11.2 Å². The van der Waals surface area contributed by atoms with Crippen LogP contribution in [0.3, 0.4) is 0 Å². The summed E-state index contributed by atoms with van der Waals surface area (Å²) in [6.45, 7) is 5.48. The number of hydrogen-bond acceptors (Lipinski definition) is 4. The highest BCUT2D eigenvalue weighted by Crippen LogP contribution is 2.43. The van der Waals surface area contributed by atoms with E-state index in [9.17, 15) is 18.8 Å². The minimum atomic E-state index is -0.470. The third kappa shape index (κ3) is 5.68. The number of aromatic nitrogens is 1. The maximum absolute atomic E-state index is 14.2. The Balaban J connectivity index is 0.000000747. The number of nitrogens with one attached hydrogen (secondary N) is 1. The van der Waals surface area contributed by atoms with Crippen LogP contribution in [0.1, 0.15) is 80.1 Å². The summed E-state index contributed by atoms with van der Waals surface area (Å²) in [7, 11) is 0. The molecule has 7 nitrogen and oxygen atoms in total. The predicted molar refractivity (Wildman–Crippen MR) is 144 cm³/mol. The van der Waals surface area contributed by atoms with Gasteiger partial charge in [-0.2, -0.15) is 0 Å². The molecule has 5 rings (SSSR count). The lowest BCUT2D eigenvalue weighted by Crippen LogP contribution is -2.31. The minimum Gasteiger partial charge on any atom is -0.382 e. The van der Waals surface area contributed by atoms with Gasteiger partial charge >= 0.3 is 0 Å². The molecule has 1 aliphatic carbocycles. The van der Waals surface area contributed by atoms with Crippen LogP contribution in [0.25, 0.3) is 22.0 Å². The lowest BCUT2D eigenvalue weighted by atomic mass is 9.80. The van der Waals surface area contributed by atoms with Gasteiger partial charge in [0, 0.05) is 41.7 Å². The Morgan fingerprint density at radius 3 is 2.35 bits per heavy atom. The molecule has 2 heterocycles. The number of anilines is 1. The van der Waals surface area contributed by atoms with E-state index in [4.69, 9.17) is 5.73 Å². The maximum atomic E-state index is 14.2. The molecule has 0 saturated heterocycles. The van der Waals surface area contributed by atoms with E-state index >= 15 is 0 Å². The first-order chi connectivity index (χ1) is 17.5. The molecule has 37 heavy (non-hydrogen) atoms. The fourth-order valence-electron chi connectivity index (χ4n) is 5.59. The van der Waals surface area contributed by atoms with Crippen LogP contribution in [0.4, 0.5) is 10.1 Å². The normalized spacial score (nSPS) is 17.0. The number of halogens is 1. The second-order valence-electron chi connectivity index (χ2n) is 10.9. The van der Waals surface area contributed by atoms with Gasteiger partial charge in [0.2, 0.25) is 11.8 Å². The van der Waals surface area contributed by atoms with Crippen LogP contribution in [-0.4, -0.2) is 28.3 Å². The maximum Gasteiger partial charge on any atom is 0.250 e. The molecular weight excluding hydrogens is 471 g/mol. The first-order valence-corrected chi connectivity index (χ1v) is 12.8. The van der Waals surface area contributed by atoms with E-state index in [1.54, 1.807) is 16.7 Å². The van der Waals surface area contributed by atoms with Crippen molar-refractivity contribution in [2.24, 2.45) is 16.9 Å². The molecule has 2 aromatic carbocycles. The molecule has 2 amide bonds. The molecule has 0 atom stereocenters. The molecule has 5 N–H and O–H groups in total. The first-order valence-electron chi connectivity index (χ1n) is 12.8. The van der Waals surface area contributed by atoms with Gasteiger partial charge in [0.25, 0.3) is 5.91 Å². The molecule has 196 valence electrons. The summed E-state index contributed by atoms with van der Waals surface area (Å²) in [5.74, 6) is -1.19. The van der Waals surface area contributed by atoms with Gasteiger partial charge in [-0.05, 0) is 60.6 Å². The lowest BCUT2D eigenvalue weighted by Gasteiger charge is -2.30. The van der Waals surface area contributed by atoms with Gasteiger partial charge in [0.05, 0.1) is 11.1 Å². The van der Waals surface area contributed by atoms with Crippen LogP contribution in [0, 0.1) is 11.2 Å². The number of amides is 2. The summed E-state index contributed by atoms with van der Waals surface area (Å²) in [6.07, 6.45) is 6.82. The van der Waals surface area contributed by atoms with E-state index in [0.717, 1.165) is 40.7 Å². The number of rotatable bonds is 4. The Labute approximate surface area is 216 Å². The molecule has 0 spiro atoms. The Hall–Kier alpha value is -3.68. The molecule has 1 aliphatic heterocycles. The molecule has 8 heteroatoms. The Bertz CT molecular complexity index is 1370. The number of carbonyl (C=O) groups excluding carboxylic acids is 3. The number of nitrogens with two attached hydrogens (primary N) is 2. The van der Waals surface area contributed by atoms with Crippen LogP contribution >= 0.6 is 0 Å². The highest BCUT2D eigenvalue weighted by molar-refractivity contribution is 6.06. The minimum absolute atomic E-state index is 0.0163. The summed E-state index contributed by atoms with van der Waals surface area (Å²) in [6, 6.07) is 10.6. The van der Waals surface area contributed by atoms with Crippen molar-refractivity contribution in [3.05, 3.63) is 53.5 Å². The van der Waals surface area contributed by atoms with E-state index in [1.807, 2.05) is 12.1 Å². The fraction of sp³-hybridized carbons (Fsp3) is 0.414. The molecular formula is C29H35FN4O3. The topological polar surface area (TPSA) is 120 Å². The number of fused-ring (bicyclic) bond motifs is 3. The number of hydrogen-bond donors (Lipinski definition) is 3. The summed E-state index contributed by atoms with van der Waals surface area (Å²) in [4.78, 5) is 34.5. The van der Waals surface area contributed by atoms with E-state index in [2.05, 4.69) is 24.9 Å². The number of benzene rings is 2. The van der Waals surface area contributed by atoms with E-state index in [1.165, 1.54) is 38.3 Å². The predicted octanol–water partition coefficient (Wildman–Crippen LogP) is 5.40. The number of carbonyl (C=O) groups is 3.